The Morgan fingerprint density at radius 3 is 2.69 bits per heavy atom. The maximum Gasteiger partial charge on any atom is 0.319 e. The van der Waals surface area contributed by atoms with Crippen molar-refractivity contribution in [2.75, 3.05) is 62.4 Å². The molecule has 4 fully saturated rings. The van der Waals surface area contributed by atoms with E-state index < -0.39 is 21.5 Å². The van der Waals surface area contributed by atoms with Crippen molar-refractivity contribution in [2.24, 2.45) is 11.3 Å². The molecule has 0 spiro atoms. The fraction of sp³-hybridized carbons (Fsp3) is 0.513. The van der Waals surface area contributed by atoms with Gasteiger partial charge in [-0.3, -0.25) is 9.88 Å². The molecule has 10 nitrogen and oxygen atoms in total. The van der Waals surface area contributed by atoms with Gasteiger partial charge in [-0.15, -0.1) is 6.42 Å². The predicted molar refractivity (Wildman–Crippen MR) is 195 cm³/mol. The minimum atomic E-state index is -2.92. The van der Waals surface area contributed by atoms with Gasteiger partial charge in [0.2, 0.25) is 0 Å². The van der Waals surface area contributed by atoms with Crippen LogP contribution in [0.2, 0.25) is 0 Å². The summed E-state index contributed by atoms with van der Waals surface area (Å²) in [4.78, 5) is 18.7. The molecule has 1 saturated carbocycles. The monoisotopic (exact) mass is 731 g/mol. The lowest BCUT2D eigenvalue weighted by atomic mass is 9.75. The van der Waals surface area contributed by atoms with E-state index in [0.29, 0.717) is 74.3 Å². The number of phenols is 1. The summed E-state index contributed by atoms with van der Waals surface area (Å²) in [6, 6.07) is 5.87. The maximum absolute atomic E-state index is 17.0. The molecule has 0 bridgehead atoms. The number of rotatable bonds is 7. The number of halogens is 2. The van der Waals surface area contributed by atoms with Crippen LogP contribution >= 0.6 is 0 Å². The van der Waals surface area contributed by atoms with Crippen LogP contribution < -0.4 is 9.64 Å². The second-order valence-electron chi connectivity index (χ2n) is 14.9. The zero-order chi connectivity index (χ0) is 36.0. The first-order chi connectivity index (χ1) is 25.1. The fourth-order valence-corrected chi connectivity index (χ4v) is 10.7. The summed E-state index contributed by atoms with van der Waals surface area (Å²) < 4.78 is 68.3. The van der Waals surface area contributed by atoms with Gasteiger partial charge in [0.05, 0.1) is 35.7 Å². The summed E-state index contributed by atoms with van der Waals surface area (Å²) in [6.07, 6.45) is 14.6. The third-order valence-corrected chi connectivity index (χ3v) is 13.4. The van der Waals surface area contributed by atoms with E-state index in [1.807, 2.05) is 4.90 Å². The van der Waals surface area contributed by atoms with Gasteiger partial charge in [0.15, 0.2) is 5.82 Å². The molecule has 4 aliphatic rings. The van der Waals surface area contributed by atoms with E-state index in [1.54, 1.807) is 0 Å². The van der Waals surface area contributed by atoms with Gasteiger partial charge in [0.1, 0.15) is 38.4 Å². The van der Waals surface area contributed by atoms with Gasteiger partial charge < -0.3 is 19.5 Å². The van der Waals surface area contributed by atoms with Gasteiger partial charge in [-0.1, -0.05) is 18.4 Å². The third-order valence-electron chi connectivity index (χ3n) is 11.7. The fourth-order valence-electron chi connectivity index (χ4n) is 9.12. The first-order valence-corrected chi connectivity index (χ1v) is 20.2. The van der Waals surface area contributed by atoms with Crippen molar-refractivity contribution in [1.29, 1.82) is 0 Å². The van der Waals surface area contributed by atoms with Crippen LogP contribution in [-0.4, -0.2) is 96.9 Å². The van der Waals surface area contributed by atoms with Crippen LogP contribution in [0, 0.1) is 35.3 Å². The quantitative estimate of drug-likeness (QED) is 0.231. The Morgan fingerprint density at radius 1 is 1.04 bits per heavy atom. The van der Waals surface area contributed by atoms with E-state index in [9.17, 15) is 17.9 Å². The van der Waals surface area contributed by atoms with E-state index in [1.165, 1.54) is 30.5 Å². The molecule has 1 aliphatic carbocycles. The van der Waals surface area contributed by atoms with Crippen LogP contribution in [-0.2, 0) is 14.6 Å². The van der Waals surface area contributed by atoms with E-state index in [-0.39, 0.29) is 56.4 Å². The van der Waals surface area contributed by atoms with Gasteiger partial charge in [-0.2, -0.15) is 9.97 Å². The summed E-state index contributed by atoms with van der Waals surface area (Å²) in [5.41, 5.74) is -0.141. The highest BCUT2D eigenvalue weighted by atomic mass is 32.2. The molecule has 8 rings (SSSR count). The van der Waals surface area contributed by atoms with Crippen LogP contribution in [0.25, 0.3) is 32.9 Å². The van der Waals surface area contributed by atoms with Crippen molar-refractivity contribution < 1.29 is 31.8 Å². The lowest BCUT2D eigenvalue weighted by Crippen LogP contribution is -2.53. The molecule has 13 heteroatoms. The number of pyridine rings is 1. The largest absolute Gasteiger partial charge is 0.508 e. The number of phenolic OH excluding ortho intramolecular Hbond substituents is 1. The molecule has 274 valence electrons. The molecule has 3 aliphatic heterocycles. The number of ether oxygens (including phenoxy) is 2. The Labute approximate surface area is 302 Å². The molecule has 52 heavy (non-hydrogen) atoms. The Hall–Kier alpha value is -4.12. The number of benzene rings is 2. The van der Waals surface area contributed by atoms with Gasteiger partial charge >= 0.3 is 6.01 Å². The first-order valence-electron chi connectivity index (χ1n) is 18.3. The average molecular weight is 732 g/mol. The zero-order valence-corrected chi connectivity index (χ0v) is 29.9. The lowest BCUT2D eigenvalue weighted by molar-refractivity contribution is -0.00810. The molecule has 0 unspecified atom stereocenters. The third kappa shape index (κ3) is 6.54. The standard InChI is InChI=1S/C39H43F2N5O5S/c1-2-28-31(40)8-7-26-20-27(47)21-29(33(26)28)35-34(41)36-30(22-42-35)37(45-14-5-16-50-17-15-45)44-38(43-36)51-24-39-11-3-6-32(39)46(13-4-12-39)23-25-9-18-52(48,49)19-10-25/h1,7-8,20-22,25,32,47H,3-6,9-19,23-24H2/t32-,39-/m1/s1. The normalized spacial score (nSPS) is 24.1. The minimum absolute atomic E-state index is 0.00307. The van der Waals surface area contributed by atoms with Crippen molar-refractivity contribution in [3.8, 4) is 35.4 Å². The van der Waals surface area contributed by atoms with Gasteiger partial charge in [-0.25, -0.2) is 17.2 Å². The second-order valence-corrected chi connectivity index (χ2v) is 17.2. The summed E-state index contributed by atoms with van der Waals surface area (Å²) >= 11 is 0. The number of hydrogen-bond donors (Lipinski definition) is 1. The van der Waals surface area contributed by atoms with E-state index >= 15 is 4.39 Å². The van der Waals surface area contributed by atoms with E-state index in [4.69, 9.17) is 20.9 Å². The van der Waals surface area contributed by atoms with Crippen LogP contribution in [0.4, 0.5) is 14.6 Å². The van der Waals surface area contributed by atoms with E-state index in [2.05, 4.69) is 20.8 Å². The smallest absolute Gasteiger partial charge is 0.319 e. The van der Waals surface area contributed by atoms with E-state index in [0.717, 1.165) is 51.6 Å². The number of sulfone groups is 1. The number of terminal acetylenes is 1. The average Bonchev–Trinajstić information content (AvgIpc) is 3.39. The van der Waals surface area contributed by atoms with Gasteiger partial charge in [0.25, 0.3) is 0 Å². The van der Waals surface area contributed by atoms with Crippen molar-refractivity contribution in [2.45, 2.75) is 57.4 Å². The number of anilines is 1. The molecule has 2 atom stereocenters. The lowest BCUT2D eigenvalue weighted by Gasteiger charge is -2.47. The zero-order valence-electron chi connectivity index (χ0n) is 29.1. The van der Waals surface area contributed by atoms with Crippen molar-refractivity contribution in [3.63, 3.8) is 0 Å². The molecule has 2 aromatic carbocycles. The van der Waals surface area contributed by atoms with Crippen LogP contribution in [0.1, 0.15) is 56.9 Å². The highest BCUT2D eigenvalue weighted by molar-refractivity contribution is 7.91. The number of likely N-dealkylation sites (tertiary alicyclic amines) is 1. The van der Waals surface area contributed by atoms with Crippen LogP contribution in [0.15, 0.2) is 30.5 Å². The molecule has 0 amide bonds. The molecule has 1 N–H and O–H groups in total. The number of aromatic hydroxyl groups is 1. The van der Waals surface area contributed by atoms with Crippen LogP contribution in [0.5, 0.6) is 11.8 Å². The molecular formula is C39H43F2N5O5S. The Bertz CT molecular complexity index is 2160. The van der Waals surface area contributed by atoms with Crippen molar-refractivity contribution in [1.82, 2.24) is 19.9 Å². The molecular weight excluding hydrogens is 689 g/mol. The number of piperidine rings is 1. The molecule has 4 aromatic rings. The molecule has 0 radical (unpaired) electrons. The van der Waals surface area contributed by atoms with Crippen molar-refractivity contribution in [3.05, 3.63) is 47.7 Å². The Kier molecular flexibility index (Phi) is 9.42. The number of aromatic nitrogens is 3. The second kappa shape index (κ2) is 14.0. The first kappa shape index (κ1) is 34.9. The summed E-state index contributed by atoms with van der Waals surface area (Å²) in [5, 5.41) is 11.7. The summed E-state index contributed by atoms with van der Waals surface area (Å²) in [6.45, 7) is 4.53. The SMILES string of the molecule is C#Cc1c(F)ccc2cc(O)cc(-c3ncc4c(N5CCCOCC5)nc(OC[C@]56CCC[C@H]5N(CC5CCS(=O)(=O)CC5)CCC6)nc4c3F)c12. The minimum Gasteiger partial charge on any atom is -0.508 e. The Balaban J connectivity index is 1.16. The Morgan fingerprint density at radius 2 is 1.87 bits per heavy atom. The number of fused-ring (bicyclic) bond motifs is 3. The predicted octanol–water partition coefficient (Wildman–Crippen LogP) is 5.88. The maximum atomic E-state index is 17.0. The highest BCUT2D eigenvalue weighted by Gasteiger charge is 2.49. The summed E-state index contributed by atoms with van der Waals surface area (Å²) in [7, 11) is -2.92. The topological polar surface area (TPSA) is 118 Å². The van der Waals surface area contributed by atoms with Crippen molar-refractivity contribution >= 4 is 37.3 Å². The van der Waals surface area contributed by atoms with Crippen LogP contribution in [0.3, 0.4) is 0 Å². The van der Waals surface area contributed by atoms with Gasteiger partial charge in [0, 0.05) is 54.8 Å². The molecule has 2 aromatic heterocycles. The van der Waals surface area contributed by atoms with Gasteiger partial charge in [-0.05, 0) is 81.0 Å². The molecule has 5 heterocycles. The molecule has 3 saturated heterocycles. The summed E-state index contributed by atoms with van der Waals surface area (Å²) in [5.74, 6) is 2.26. The highest BCUT2D eigenvalue weighted by Crippen LogP contribution is 2.48. The number of hydrogen-bond acceptors (Lipinski definition) is 10. The number of nitrogens with zero attached hydrogens (tertiary/aromatic N) is 5.